The molecule has 0 aromatic rings. The van der Waals surface area contributed by atoms with Crippen molar-refractivity contribution in [3.05, 3.63) is 6.42 Å². The van der Waals surface area contributed by atoms with Crippen LogP contribution < -0.4 is 11.2 Å². The van der Waals surface area contributed by atoms with E-state index in [2.05, 4.69) is 5.43 Å². The van der Waals surface area contributed by atoms with Crippen LogP contribution in [0.5, 0.6) is 0 Å². The monoisotopic (exact) mass is 228 g/mol. The summed E-state index contributed by atoms with van der Waals surface area (Å²) in [5.41, 5.74) is 7.77. The average Bonchev–Trinajstić information content (AvgIpc) is 2.17. The third-order valence-corrected chi connectivity index (χ3v) is 2.24. The lowest BCUT2D eigenvalue weighted by atomic mass is 10.0. The molecule has 1 saturated heterocycles. The fourth-order valence-electron chi connectivity index (χ4n) is 1.50. The first kappa shape index (κ1) is 12.9. The van der Waals surface area contributed by atoms with Gasteiger partial charge in [-0.05, 0) is 5.92 Å². The molecule has 6 heteroatoms. The number of nitrogens with two attached hydrogens (primary N) is 1. The minimum absolute atomic E-state index is 0.140. The van der Waals surface area contributed by atoms with Crippen LogP contribution in [0.25, 0.3) is 0 Å². The van der Waals surface area contributed by atoms with Crippen LogP contribution >= 0.6 is 0 Å². The average molecular weight is 228 g/mol. The standard InChI is InChI=1S/C10H18N3O3/c1-8(6-9(11)14)7-10(15)12-13-2-4-16-5-3-13/h7-8H,2-6H2,1H3,(H2,11,14)(H,12,15)/t8-/m1/s1. The highest BCUT2D eigenvalue weighted by atomic mass is 16.5. The molecule has 1 aliphatic rings. The minimum Gasteiger partial charge on any atom is -0.379 e. The van der Waals surface area contributed by atoms with Crippen molar-refractivity contribution in [3.63, 3.8) is 0 Å². The van der Waals surface area contributed by atoms with E-state index >= 15 is 0 Å². The maximum Gasteiger partial charge on any atom is 0.238 e. The number of amides is 2. The third kappa shape index (κ3) is 5.09. The quantitative estimate of drug-likeness (QED) is 0.636. The van der Waals surface area contributed by atoms with E-state index < -0.39 is 5.91 Å². The van der Waals surface area contributed by atoms with Gasteiger partial charge in [-0.25, -0.2) is 5.01 Å². The number of ether oxygens (including phenoxy) is 1. The van der Waals surface area contributed by atoms with E-state index in [1.165, 1.54) is 6.42 Å². The van der Waals surface area contributed by atoms with Gasteiger partial charge in [0.15, 0.2) is 0 Å². The molecule has 1 rings (SSSR count). The lowest BCUT2D eigenvalue weighted by Crippen LogP contribution is -2.48. The Morgan fingerprint density at radius 1 is 1.50 bits per heavy atom. The Balaban J connectivity index is 2.21. The van der Waals surface area contributed by atoms with Gasteiger partial charge in [0.2, 0.25) is 11.8 Å². The van der Waals surface area contributed by atoms with E-state index in [1.54, 1.807) is 11.9 Å². The molecule has 0 bridgehead atoms. The van der Waals surface area contributed by atoms with Crippen molar-refractivity contribution in [2.45, 2.75) is 13.3 Å². The maximum atomic E-state index is 11.5. The summed E-state index contributed by atoms with van der Waals surface area (Å²) in [5, 5.41) is 1.80. The van der Waals surface area contributed by atoms with E-state index in [0.29, 0.717) is 26.3 Å². The molecule has 1 heterocycles. The van der Waals surface area contributed by atoms with Crippen LogP contribution in [0.15, 0.2) is 0 Å². The van der Waals surface area contributed by atoms with Gasteiger partial charge >= 0.3 is 0 Å². The van der Waals surface area contributed by atoms with Crippen molar-refractivity contribution < 1.29 is 14.3 Å². The zero-order valence-electron chi connectivity index (χ0n) is 9.44. The summed E-state index contributed by atoms with van der Waals surface area (Å²) in [4.78, 5) is 22.1. The summed E-state index contributed by atoms with van der Waals surface area (Å²) in [6.45, 7) is 4.39. The largest absolute Gasteiger partial charge is 0.379 e. The summed E-state index contributed by atoms with van der Waals surface area (Å²) in [5.74, 6) is -0.739. The lowest BCUT2D eigenvalue weighted by Gasteiger charge is -2.27. The zero-order valence-corrected chi connectivity index (χ0v) is 9.44. The molecule has 0 aliphatic carbocycles. The Hall–Kier alpha value is -1.14. The number of nitrogens with zero attached hydrogens (tertiary/aromatic N) is 1. The second-order valence-electron chi connectivity index (χ2n) is 3.89. The first-order valence-electron chi connectivity index (χ1n) is 5.34. The van der Waals surface area contributed by atoms with Gasteiger partial charge in [-0.1, -0.05) is 6.92 Å². The number of morpholine rings is 1. The Labute approximate surface area is 95.1 Å². The van der Waals surface area contributed by atoms with Gasteiger partial charge in [-0.3, -0.25) is 15.0 Å². The summed E-state index contributed by atoms with van der Waals surface area (Å²) < 4.78 is 5.15. The van der Waals surface area contributed by atoms with Gasteiger partial charge in [-0.15, -0.1) is 0 Å². The number of hydrogen-bond donors (Lipinski definition) is 2. The molecule has 1 radical (unpaired) electrons. The highest BCUT2D eigenvalue weighted by Gasteiger charge is 2.16. The van der Waals surface area contributed by atoms with Gasteiger partial charge in [0.05, 0.1) is 19.6 Å². The number of carbonyl (C=O) groups excluding carboxylic acids is 2. The molecule has 0 unspecified atom stereocenters. The molecule has 1 atom stereocenters. The van der Waals surface area contributed by atoms with Gasteiger partial charge in [-0.2, -0.15) is 0 Å². The predicted octanol–water partition coefficient (Wildman–Crippen LogP) is -0.934. The van der Waals surface area contributed by atoms with Crippen LogP contribution in [0.2, 0.25) is 0 Å². The lowest BCUT2D eigenvalue weighted by molar-refractivity contribution is -0.125. The number of nitrogens with one attached hydrogen (secondary N) is 1. The molecular formula is C10H18N3O3. The molecule has 0 spiro atoms. The fourth-order valence-corrected chi connectivity index (χ4v) is 1.50. The van der Waals surface area contributed by atoms with Crippen LogP contribution in [-0.2, 0) is 14.3 Å². The Kier molecular flexibility index (Phi) is 5.21. The van der Waals surface area contributed by atoms with E-state index in [0.717, 1.165) is 0 Å². The van der Waals surface area contributed by atoms with Crippen molar-refractivity contribution in [2.75, 3.05) is 26.3 Å². The summed E-state index contributed by atoms with van der Waals surface area (Å²) in [7, 11) is 0. The number of hydrazine groups is 1. The van der Waals surface area contributed by atoms with Gasteiger partial charge in [0.25, 0.3) is 0 Å². The highest BCUT2D eigenvalue weighted by Crippen LogP contribution is 2.05. The van der Waals surface area contributed by atoms with Gasteiger partial charge < -0.3 is 10.5 Å². The van der Waals surface area contributed by atoms with Gasteiger partial charge in [0.1, 0.15) is 0 Å². The minimum atomic E-state index is -0.400. The van der Waals surface area contributed by atoms with Crippen molar-refractivity contribution in [2.24, 2.45) is 11.7 Å². The Morgan fingerprint density at radius 2 is 2.12 bits per heavy atom. The molecule has 0 saturated carbocycles. The van der Waals surface area contributed by atoms with E-state index in [4.69, 9.17) is 10.5 Å². The number of rotatable bonds is 5. The van der Waals surface area contributed by atoms with Crippen LogP contribution in [0.1, 0.15) is 13.3 Å². The van der Waals surface area contributed by atoms with Crippen LogP contribution in [-0.4, -0.2) is 43.1 Å². The predicted molar refractivity (Wildman–Crippen MR) is 57.8 cm³/mol. The van der Waals surface area contributed by atoms with Crippen LogP contribution in [0, 0.1) is 12.3 Å². The van der Waals surface area contributed by atoms with Gasteiger partial charge in [0, 0.05) is 19.5 Å². The van der Waals surface area contributed by atoms with E-state index in [9.17, 15) is 9.59 Å². The van der Waals surface area contributed by atoms with E-state index in [-0.39, 0.29) is 18.2 Å². The number of hydrogen-bond acceptors (Lipinski definition) is 4. The molecular weight excluding hydrogens is 210 g/mol. The Bertz CT molecular complexity index is 252. The molecule has 0 aromatic heterocycles. The van der Waals surface area contributed by atoms with Crippen molar-refractivity contribution in [1.82, 2.24) is 10.4 Å². The number of carbonyl (C=O) groups is 2. The molecule has 91 valence electrons. The molecule has 6 nitrogen and oxygen atoms in total. The third-order valence-electron chi connectivity index (χ3n) is 2.24. The summed E-state index contributed by atoms with van der Waals surface area (Å²) in [6.07, 6.45) is 1.66. The van der Waals surface area contributed by atoms with Crippen LogP contribution in [0.4, 0.5) is 0 Å². The van der Waals surface area contributed by atoms with Crippen molar-refractivity contribution in [3.8, 4) is 0 Å². The topological polar surface area (TPSA) is 84.7 Å². The molecule has 0 aromatic carbocycles. The molecule has 1 fully saturated rings. The first-order chi connectivity index (χ1) is 7.58. The SMILES string of the molecule is C[C@@H]([CH]C(=O)NN1CCOCC1)CC(N)=O. The number of primary amides is 1. The summed E-state index contributed by atoms with van der Waals surface area (Å²) >= 11 is 0. The van der Waals surface area contributed by atoms with Crippen molar-refractivity contribution in [1.29, 1.82) is 0 Å². The normalized spacial score (nSPS) is 19.1. The second-order valence-corrected chi connectivity index (χ2v) is 3.89. The fraction of sp³-hybridized carbons (Fsp3) is 0.700. The van der Waals surface area contributed by atoms with E-state index in [1.807, 2.05) is 0 Å². The Morgan fingerprint density at radius 3 is 2.69 bits per heavy atom. The van der Waals surface area contributed by atoms with Crippen LogP contribution in [0.3, 0.4) is 0 Å². The molecule has 2 amide bonds. The van der Waals surface area contributed by atoms with Crippen molar-refractivity contribution >= 4 is 11.8 Å². The smallest absolute Gasteiger partial charge is 0.238 e. The zero-order chi connectivity index (χ0) is 12.0. The first-order valence-corrected chi connectivity index (χ1v) is 5.34. The summed E-state index contributed by atoms with van der Waals surface area (Å²) in [6, 6.07) is 0. The maximum absolute atomic E-state index is 11.5. The molecule has 1 aliphatic heterocycles. The highest BCUT2D eigenvalue weighted by molar-refractivity contribution is 5.85. The molecule has 3 N–H and O–H groups in total. The second kappa shape index (κ2) is 6.44. The molecule has 16 heavy (non-hydrogen) atoms.